The summed E-state index contributed by atoms with van der Waals surface area (Å²) in [6.07, 6.45) is 13.8. The number of aliphatic hydroxyl groups excluding tert-OH is 1. The van der Waals surface area contributed by atoms with Gasteiger partial charge < -0.3 is 40.9 Å². The molecule has 11 heteroatoms. The molecule has 3 aromatic rings. The molecule has 4 aliphatic rings. The fourth-order valence-electron chi connectivity index (χ4n) is 7.36. The Hall–Kier alpha value is -4.71. The van der Waals surface area contributed by atoms with Crippen LogP contribution in [0, 0.1) is 5.92 Å². The normalized spacial score (nSPS) is 17.3. The van der Waals surface area contributed by atoms with Crippen LogP contribution in [0.1, 0.15) is 78.1 Å². The Bertz CT molecular complexity index is 1570. The van der Waals surface area contributed by atoms with E-state index in [0.29, 0.717) is 23.6 Å². The third kappa shape index (κ3) is 13.9. The lowest BCUT2D eigenvalue weighted by atomic mass is 9.89. The third-order valence-electron chi connectivity index (χ3n) is 10.1. The summed E-state index contributed by atoms with van der Waals surface area (Å²) in [4.78, 5) is 34.8. The van der Waals surface area contributed by atoms with Gasteiger partial charge >= 0.3 is 0 Å². The molecule has 3 aromatic carbocycles. The van der Waals surface area contributed by atoms with Gasteiger partial charge in [-0.1, -0.05) is 36.4 Å². The van der Waals surface area contributed by atoms with Crippen LogP contribution in [0.25, 0.3) is 6.08 Å². The zero-order valence-electron chi connectivity index (χ0n) is 32.2. The van der Waals surface area contributed by atoms with Gasteiger partial charge in [0, 0.05) is 30.8 Å². The first-order valence-electron chi connectivity index (χ1n) is 19.0. The van der Waals surface area contributed by atoms with E-state index in [9.17, 15) is 14.7 Å². The first-order chi connectivity index (χ1) is 26.3. The predicted molar refractivity (Wildman–Crippen MR) is 215 cm³/mol. The molecule has 0 aromatic heterocycles. The summed E-state index contributed by atoms with van der Waals surface area (Å²) in [7, 11) is 2.75. The zero-order chi connectivity index (χ0) is 39.2. The van der Waals surface area contributed by atoms with E-state index in [-0.39, 0.29) is 23.7 Å². The van der Waals surface area contributed by atoms with E-state index < -0.39 is 0 Å². The Morgan fingerprint density at radius 2 is 1.59 bits per heavy atom. The number of amides is 1. The van der Waals surface area contributed by atoms with Crippen LogP contribution in [0.2, 0.25) is 0 Å². The smallest absolute Gasteiger partial charge is 0.290 e. The molecule has 1 aliphatic carbocycles. The number of carbonyl (C=O) groups is 3. The van der Waals surface area contributed by atoms with Crippen molar-refractivity contribution >= 4 is 30.4 Å². The number of nitrogens with zero attached hydrogens (tertiary/aromatic N) is 1. The van der Waals surface area contributed by atoms with E-state index in [4.69, 9.17) is 19.7 Å². The average Bonchev–Trinajstić information content (AvgIpc) is 3.54. The molecule has 0 spiro atoms. The van der Waals surface area contributed by atoms with Crippen LogP contribution in [-0.2, 0) is 28.9 Å². The monoisotopic (exact) mass is 744 g/mol. The summed E-state index contributed by atoms with van der Waals surface area (Å²) in [5.74, 6) is 1.92. The zero-order valence-corrected chi connectivity index (χ0v) is 32.2. The van der Waals surface area contributed by atoms with Crippen LogP contribution in [-0.4, -0.2) is 97.9 Å². The summed E-state index contributed by atoms with van der Waals surface area (Å²) in [5, 5.41) is 33.7. The van der Waals surface area contributed by atoms with E-state index in [1.54, 1.807) is 19.2 Å². The largest absolute Gasteiger partial charge is 0.506 e. The van der Waals surface area contributed by atoms with E-state index in [0.717, 1.165) is 82.1 Å². The quantitative estimate of drug-likeness (QED) is 0.0492. The number of carboxylic acid groups (broad SMARTS) is 1. The van der Waals surface area contributed by atoms with Crippen LogP contribution in [0.3, 0.4) is 0 Å². The Morgan fingerprint density at radius 3 is 2.17 bits per heavy atom. The highest BCUT2D eigenvalue weighted by Crippen LogP contribution is 2.32. The van der Waals surface area contributed by atoms with Crippen LogP contribution in [0.4, 0.5) is 5.69 Å². The van der Waals surface area contributed by atoms with Crippen molar-refractivity contribution in [2.24, 2.45) is 5.92 Å². The second kappa shape index (κ2) is 23.9. The summed E-state index contributed by atoms with van der Waals surface area (Å²) < 4.78 is 5.95. The van der Waals surface area contributed by atoms with Crippen molar-refractivity contribution in [2.45, 2.75) is 70.3 Å². The number of phenols is 1. The van der Waals surface area contributed by atoms with Crippen molar-refractivity contribution in [3.8, 4) is 11.5 Å². The lowest BCUT2D eigenvalue weighted by molar-refractivity contribution is -0.122. The molecule has 0 radical (unpaired) electrons. The van der Waals surface area contributed by atoms with E-state index in [1.807, 2.05) is 30.3 Å². The summed E-state index contributed by atoms with van der Waals surface area (Å²) >= 11 is 0. The van der Waals surface area contributed by atoms with Crippen molar-refractivity contribution in [3.63, 3.8) is 0 Å². The molecule has 6 N–H and O–H groups in total. The van der Waals surface area contributed by atoms with Gasteiger partial charge in [-0.05, 0) is 156 Å². The molecule has 294 valence electrons. The van der Waals surface area contributed by atoms with Crippen molar-refractivity contribution in [1.29, 1.82) is 0 Å². The molecule has 54 heavy (non-hydrogen) atoms. The van der Waals surface area contributed by atoms with Crippen LogP contribution >= 0.6 is 0 Å². The summed E-state index contributed by atoms with van der Waals surface area (Å²) in [6.45, 7) is 8.34. The van der Waals surface area contributed by atoms with Crippen LogP contribution < -0.4 is 20.7 Å². The number of fused-ring (bicyclic) bond motifs is 4. The van der Waals surface area contributed by atoms with Crippen molar-refractivity contribution < 1.29 is 34.4 Å². The van der Waals surface area contributed by atoms with Gasteiger partial charge in [0.1, 0.15) is 17.8 Å². The van der Waals surface area contributed by atoms with Crippen molar-refractivity contribution in [3.05, 3.63) is 94.6 Å². The SMILES string of the molecule is C1CN2CCC1CC2.CNc1c(O)ccc(CCNCCCCCOc2cccc(C(=O)NC3(C)Cc4ccccc4C3)c2)c1/C=C\C=O.CO.O=CO. The van der Waals surface area contributed by atoms with Crippen LogP contribution in [0.5, 0.6) is 11.5 Å². The second-order valence-corrected chi connectivity index (χ2v) is 14.0. The first-order valence-corrected chi connectivity index (χ1v) is 19.0. The Morgan fingerprint density at radius 1 is 0.926 bits per heavy atom. The Labute approximate surface area is 320 Å². The van der Waals surface area contributed by atoms with Crippen molar-refractivity contribution in [2.75, 3.05) is 58.8 Å². The highest BCUT2D eigenvalue weighted by atomic mass is 16.5. The van der Waals surface area contributed by atoms with Gasteiger partial charge in [-0.25, -0.2) is 0 Å². The van der Waals surface area contributed by atoms with Gasteiger partial charge in [-0.2, -0.15) is 0 Å². The average molecular weight is 745 g/mol. The standard InChI is InChI=1S/C34H41N3O4.C7H13N.CH2O2.CH4O/c1-34(23-27-10-4-5-11-28(27)24-34)37-33(40)26-12-8-13-29(22-26)41-21-7-3-6-18-36-19-17-25-15-16-31(39)32(35-2)30(25)14-9-20-38;1-4-8-5-2-7(1)3-6-8;2-1-3;1-2/h4-5,8-16,20,22,35-36,39H,3,6-7,17-19,21,23-24H2,1-2H3,(H,37,40);7H,1-6H2;1H,(H,2,3);2H,1H3/b14-9-;;;. The number of anilines is 1. The molecule has 0 saturated carbocycles. The minimum absolute atomic E-state index is 0.0711. The van der Waals surface area contributed by atoms with Gasteiger partial charge in [0.2, 0.25) is 0 Å². The first kappa shape index (κ1) is 43.7. The van der Waals surface area contributed by atoms with Gasteiger partial charge in [-0.3, -0.25) is 14.4 Å². The predicted octanol–water partition coefficient (Wildman–Crippen LogP) is 5.73. The lowest BCUT2D eigenvalue weighted by Crippen LogP contribution is -2.46. The van der Waals surface area contributed by atoms with Gasteiger partial charge in [0.15, 0.2) is 0 Å². The number of hydrogen-bond acceptors (Lipinski definition) is 9. The molecular weight excluding hydrogens is 684 g/mol. The molecule has 1 amide bonds. The number of unbranched alkanes of at least 4 members (excludes halogenated alkanes) is 2. The minimum atomic E-state index is -0.277. The van der Waals surface area contributed by atoms with E-state index in [1.165, 1.54) is 56.1 Å². The molecular formula is C43H60N4O7. The summed E-state index contributed by atoms with van der Waals surface area (Å²) in [5.41, 5.74) is 5.47. The van der Waals surface area contributed by atoms with E-state index >= 15 is 0 Å². The Kier molecular flexibility index (Phi) is 19.3. The molecule has 0 unspecified atom stereocenters. The highest BCUT2D eigenvalue weighted by molar-refractivity contribution is 5.95. The molecule has 3 fully saturated rings. The number of aliphatic hydroxyl groups is 1. The van der Waals surface area contributed by atoms with Crippen molar-refractivity contribution in [1.82, 2.24) is 15.5 Å². The number of piperidine rings is 3. The Balaban J connectivity index is 0.000000509. The van der Waals surface area contributed by atoms with Gasteiger partial charge in [0.05, 0.1) is 12.3 Å². The lowest BCUT2D eigenvalue weighted by Gasteiger charge is -2.38. The maximum atomic E-state index is 13.0. The number of aromatic hydroxyl groups is 1. The number of aldehydes is 1. The number of carbonyl (C=O) groups excluding carboxylic acids is 2. The number of rotatable bonds is 15. The molecule has 7 rings (SSSR count). The molecule has 3 aliphatic heterocycles. The van der Waals surface area contributed by atoms with Gasteiger partial charge in [-0.15, -0.1) is 0 Å². The number of nitrogens with one attached hydrogen (secondary N) is 3. The fourth-order valence-corrected chi connectivity index (χ4v) is 7.36. The minimum Gasteiger partial charge on any atom is -0.506 e. The number of hydrogen-bond donors (Lipinski definition) is 6. The topological polar surface area (TPSA) is 160 Å². The maximum absolute atomic E-state index is 13.0. The number of phenolic OH excluding ortho intramolecular Hbond substituents is 1. The fraction of sp³-hybridized carbons (Fsp3) is 0.465. The van der Waals surface area contributed by atoms with Crippen LogP contribution in [0.15, 0.2) is 66.7 Å². The van der Waals surface area contributed by atoms with Gasteiger partial charge in [0.25, 0.3) is 12.4 Å². The number of benzene rings is 3. The summed E-state index contributed by atoms with van der Waals surface area (Å²) in [6, 6.07) is 19.4. The molecule has 11 nitrogen and oxygen atoms in total. The molecule has 2 bridgehead atoms. The highest BCUT2D eigenvalue weighted by Gasteiger charge is 2.34. The second-order valence-electron chi connectivity index (χ2n) is 14.0. The molecule has 3 heterocycles. The van der Waals surface area contributed by atoms with E-state index in [2.05, 4.69) is 52.0 Å². The maximum Gasteiger partial charge on any atom is 0.290 e. The number of ether oxygens (including phenoxy) is 1. The molecule has 3 saturated heterocycles. The third-order valence-corrected chi connectivity index (χ3v) is 10.1. The number of allylic oxidation sites excluding steroid dienone is 1. The molecule has 0 atom stereocenters.